The van der Waals surface area contributed by atoms with Gasteiger partial charge in [-0.3, -0.25) is 24.0 Å². The van der Waals surface area contributed by atoms with E-state index in [0.29, 0.717) is 72.0 Å². The van der Waals surface area contributed by atoms with Crippen molar-refractivity contribution in [3.63, 3.8) is 0 Å². The highest BCUT2D eigenvalue weighted by molar-refractivity contribution is 7.47. The van der Waals surface area contributed by atoms with Crippen LogP contribution in [0.3, 0.4) is 0 Å². The van der Waals surface area contributed by atoms with Gasteiger partial charge in [0.2, 0.25) is 29.5 Å². The summed E-state index contributed by atoms with van der Waals surface area (Å²) in [4.78, 5) is 61.6. The molecule has 0 saturated carbocycles. The Bertz CT molecular complexity index is 869. The molecular formula is C29H54N5O10P. The highest BCUT2D eigenvalue weighted by Gasteiger charge is 2.25. The van der Waals surface area contributed by atoms with Crippen molar-refractivity contribution in [3.05, 3.63) is 0 Å². The summed E-state index contributed by atoms with van der Waals surface area (Å²) in [6.45, 7) is 7.44. The third kappa shape index (κ3) is 21.9. The Morgan fingerprint density at radius 1 is 0.733 bits per heavy atom. The van der Waals surface area contributed by atoms with Gasteiger partial charge in [-0.1, -0.05) is 13.3 Å². The Hall–Kier alpha value is -2.42. The van der Waals surface area contributed by atoms with Crippen molar-refractivity contribution in [2.45, 2.75) is 64.9 Å². The monoisotopic (exact) mass is 663 g/mol. The third-order valence-electron chi connectivity index (χ3n) is 6.58. The molecule has 5 amide bonds. The highest BCUT2D eigenvalue weighted by atomic mass is 31.2. The fraction of sp³-hybridized carbons (Fsp3) is 0.828. The van der Waals surface area contributed by atoms with Crippen LogP contribution in [-0.2, 0) is 47.2 Å². The van der Waals surface area contributed by atoms with Crippen molar-refractivity contribution in [1.29, 1.82) is 0 Å². The average molecular weight is 664 g/mol. The maximum atomic E-state index is 12.2. The summed E-state index contributed by atoms with van der Waals surface area (Å²) in [5.41, 5.74) is 0. The summed E-state index contributed by atoms with van der Waals surface area (Å²) >= 11 is 0. The lowest BCUT2D eigenvalue weighted by Gasteiger charge is -2.16. The molecule has 0 spiro atoms. The van der Waals surface area contributed by atoms with E-state index >= 15 is 0 Å². The van der Waals surface area contributed by atoms with Crippen molar-refractivity contribution in [1.82, 2.24) is 26.2 Å². The molecule has 1 aliphatic rings. The number of carbonyl (C=O) groups excluding carboxylic acids is 5. The molecule has 0 aliphatic carbocycles. The number of carbonyl (C=O) groups is 5. The minimum Gasteiger partial charge on any atom is -0.380 e. The minimum absolute atomic E-state index is 0.0588. The van der Waals surface area contributed by atoms with Crippen molar-refractivity contribution < 1.29 is 47.2 Å². The Morgan fingerprint density at radius 2 is 1.33 bits per heavy atom. The van der Waals surface area contributed by atoms with Gasteiger partial charge in [0.25, 0.3) is 0 Å². The van der Waals surface area contributed by atoms with E-state index in [-0.39, 0.29) is 50.5 Å². The summed E-state index contributed by atoms with van der Waals surface area (Å²) in [6.07, 6.45) is 5.71. The average Bonchev–Trinajstić information content (AvgIpc) is 3.53. The molecule has 15 nitrogen and oxygen atoms in total. The second-order valence-corrected chi connectivity index (χ2v) is 11.9. The summed E-state index contributed by atoms with van der Waals surface area (Å²) in [5.74, 6) is -1.72. The maximum Gasteiger partial charge on any atom is 0.239 e. The summed E-state index contributed by atoms with van der Waals surface area (Å²) in [6, 6.07) is 0. The summed E-state index contributed by atoms with van der Waals surface area (Å²) < 4.78 is 27.5. The zero-order valence-electron chi connectivity index (χ0n) is 27.2. The van der Waals surface area contributed by atoms with Crippen LogP contribution in [0.4, 0.5) is 0 Å². The molecule has 1 saturated heterocycles. The number of likely N-dealkylation sites (tertiary alicyclic amines) is 1. The lowest BCUT2D eigenvalue weighted by molar-refractivity contribution is -0.131. The van der Waals surface area contributed by atoms with E-state index in [4.69, 9.17) is 23.3 Å². The lowest BCUT2D eigenvalue weighted by Crippen LogP contribution is -2.44. The van der Waals surface area contributed by atoms with Crippen molar-refractivity contribution in [2.75, 3.05) is 92.2 Å². The van der Waals surface area contributed by atoms with Crippen molar-refractivity contribution >= 4 is 37.9 Å². The van der Waals surface area contributed by atoms with Gasteiger partial charge in [0.1, 0.15) is 0 Å². The second-order valence-electron chi connectivity index (χ2n) is 10.3. The number of amides is 5. The van der Waals surface area contributed by atoms with Gasteiger partial charge in [-0.15, -0.1) is 0 Å². The predicted molar refractivity (Wildman–Crippen MR) is 168 cm³/mol. The van der Waals surface area contributed by atoms with Crippen LogP contribution < -0.4 is 21.3 Å². The number of hydrogen-bond acceptors (Lipinski definition) is 10. The standard InChI is InChI=1S/C29H54N5O10P/c1-4-6-19-45(43-5-2)44-18-17-42-16-15-41-14-12-30-26(36)20-32-28(38)22-33-27(37)21-31-25(35)9-7-8-10-29(39)34-13-11-24(23-34)40-3/h24H,4-23H2,1-3H3,(H,30,36)(H,31,35)(H,32,38)(H,33,37)/t24-,45?/m0/s1. The zero-order valence-corrected chi connectivity index (χ0v) is 28.1. The molecule has 260 valence electrons. The van der Waals surface area contributed by atoms with E-state index in [0.717, 1.165) is 25.4 Å². The van der Waals surface area contributed by atoms with Crippen LogP contribution in [0, 0.1) is 0 Å². The molecule has 1 unspecified atom stereocenters. The fourth-order valence-corrected chi connectivity index (χ4v) is 5.53. The van der Waals surface area contributed by atoms with E-state index in [1.807, 2.05) is 6.92 Å². The van der Waals surface area contributed by atoms with Crippen molar-refractivity contribution in [2.24, 2.45) is 0 Å². The molecule has 1 heterocycles. The Kier molecular flexibility index (Phi) is 24.1. The minimum atomic E-state index is -0.849. The molecule has 0 radical (unpaired) electrons. The first-order valence-corrected chi connectivity index (χ1v) is 17.2. The fourth-order valence-electron chi connectivity index (χ4n) is 4.06. The first kappa shape index (κ1) is 40.6. The van der Waals surface area contributed by atoms with Gasteiger partial charge < -0.3 is 49.4 Å². The van der Waals surface area contributed by atoms with Gasteiger partial charge >= 0.3 is 0 Å². The summed E-state index contributed by atoms with van der Waals surface area (Å²) in [7, 11) is 0.789. The van der Waals surface area contributed by atoms with E-state index in [9.17, 15) is 24.0 Å². The Morgan fingerprint density at radius 3 is 1.96 bits per heavy atom. The first-order valence-electron chi connectivity index (χ1n) is 15.8. The largest absolute Gasteiger partial charge is 0.380 e. The smallest absolute Gasteiger partial charge is 0.239 e. The molecule has 4 N–H and O–H groups in total. The van der Waals surface area contributed by atoms with Gasteiger partial charge in [0, 0.05) is 45.7 Å². The topological polar surface area (TPSA) is 183 Å². The van der Waals surface area contributed by atoms with Crippen LogP contribution in [-0.4, -0.2) is 133 Å². The molecule has 1 fully saturated rings. The number of nitrogens with zero attached hydrogens (tertiary/aromatic N) is 1. The maximum absolute atomic E-state index is 12.2. The van der Waals surface area contributed by atoms with Crippen LogP contribution in [0.25, 0.3) is 0 Å². The number of rotatable bonds is 27. The second kappa shape index (κ2) is 26.8. The van der Waals surface area contributed by atoms with E-state index < -0.39 is 26.1 Å². The molecule has 0 aromatic heterocycles. The molecule has 2 atom stereocenters. The first-order chi connectivity index (χ1) is 21.8. The molecule has 1 rings (SSSR count). The van der Waals surface area contributed by atoms with Gasteiger partial charge in [-0.05, 0) is 32.6 Å². The van der Waals surface area contributed by atoms with E-state index in [1.165, 1.54) is 0 Å². The molecule has 0 aromatic rings. The molecule has 0 aromatic carbocycles. The van der Waals surface area contributed by atoms with E-state index in [2.05, 4.69) is 28.2 Å². The van der Waals surface area contributed by atoms with Gasteiger partial charge in [-0.25, -0.2) is 0 Å². The number of methoxy groups -OCH3 is 1. The SMILES string of the molecule is CCCCP(OCC)OCCOCCOCCNC(=O)CNC(=O)CNC(=O)CNC(=O)CCCCC(=O)N1CC[C@H](OC)C1. The third-order valence-corrected chi connectivity index (χ3v) is 8.28. The van der Waals surface area contributed by atoms with E-state index in [1.54, 1.807) is 12.0 Å². The van der Waals surface area contributed by atoms with Crippen LogP contribution in [0.2, 0.25) is 0 Å². The predicted octanol–water partition coefficient (Wildman–Crippen LogP) is 0.457. The van der Waals surface area contributed by atoms with Gasteiger partial charge in [0.05, 0.1) is 65.4 Å². The number of unbranched alkanes of at least 4 members (excludes halogenated alkanes) is 2. The molecular weight excluding hydrogens is 609 g/mol. The quantitative estimate of drug-likeness (QED) is 0.0712. The summed E-state index contributed by atoms with van der Waals surface area (Å²) in [5, 5.41) is 9.90. The molecule has 45 heavy (non-hydrogen) atoms. The molecule has 0 bridgehead atoms. The van der Waals surface area contributed by atoms with Crippen LogP contribution >= 0.6 is 8.38 Å². The Balaban J connectivity index is 1.95. The highest BCUT2D eigenvalue weighted by Crippen LogP contribution is 2.38. The Labute approximate surface area is 268 Å². The van der Waals surface area contributed by atoms with Crippen LogP contribution in [0.15, 0.2) is 0 Å². The van der Waals surface area contributed by atoms with Gasteiger partial charge in [-0.2, -0.15) is 0 Å². The molecule has 1 aliphatic heterocycles. The van der Waals surface area contributed by atoms with Crippen molar-refractivity contribution in [3.8, 4) is 0 Å². The lowest BCUT2D eigenvalue weighted by atomic mass is 10.1. The van der Waals surface area contributed by atoms with Crippen LogP contribution in [0.1, 0.15) is 58.8 Å². The number of hydrogen-bond donors (Lipinski definition) is 4. The number of ether oxygens (including phenoxy) is 3. The number of nitrogens with one attached hydrogen (secondary N) is 4. The van der Waals surface area contributed by atoms with Crippen LogP contribution in [0.5, 0.6) is 0 Å². The normalized spacial score (nSPS) is 15.0. The van der Waals surface area contributed by atoms with Gasteiger partial charge in [0.15, 0.2) is 8.38 Å². The zero-order chi connectivity index (χ0) is 33.1. The molecule has 16 heteroatoms.